The van der Waals surface area contributed by atoms with Gasteiger partial charge in [-0.05, 0) is 87.2 Å². The Labute approximate surface area is 238 Å². The smallest absolute Gasteiger partial charge is 0.264 e. The molecule has 0 aromatic heterocycles. The quantitative estimate of drug-likeness (QED) is 0.339. The van der Waals surface area contributed by atoms with Gasteiger partial charge in [-0.3, -0.25) is 13.9 Å². The number of benzene rings is 3. The number of carbonyl (C=O) groups excluding carboxylic acids is 2. The fourth-order valence-electron chi connectivity index (χ4n) is 4.14. The molecule has 2 atom stereocenters. The van der Waals surface area contributed by atoms with Gasteiger partial charge in [0.05, 0.1) is 17.7 Å². The summed E-state index contributed by atoms with van der Waals surface area (Å²) in [5, 5.41) is 2.94. The third-order valence-electron chi connectivity index (χ3n) is 7.04. The first kappa shape index (κ1) is 30.7. The molecular weight excluding hydrogens is 526 g/mol. The molecule has 0 spiro atoms. The Balaban J connectivity index is 2.05. The van der Waals surface area contributed by atoms with Crippen LogP contribution < -0.4 is 14.4 Å². The summed E-state index contributed by atoms with van der Waals surface area (Å²) in [6.45, 7) is 8.96. The first-order valence-corrected chi connectivity index (χ1v) is 14.8. The number of sulfonamides is 1. The molecular formula is C31H39N3O5S. The van der Waals surface area contributed by atoms with Crippen LogP contribution in [0.4, 0.5) is 5.69 Å². The first-order chi connectivity index (χ1) is 19.0. The van der Waals surface area contributed by atoms with E-state index >= 15 is 0 Å². The zero-order valence-corrected chi connectivity index (χ0v) is 24.9. The van der Waals surface area contributed by atoms with Crippen LogP contribution in [0, 0.1) is 13.8 Å². The third-order valence-corrected chi connectivity index (χ3v) is 8.83. The van der Waals surface area contributed by atoms with Crippen LogP contribution in [0.2, 0.25) is 0 Å². The highest BCUT2D eigenvalue weighted by molar-refractivity contribution is 7.92. The molecule has 2 amide bonds. The molecule has 1 N–H and O–H groups in total. The molecule has 0 aliphatic carbocycles. The topological polar surface area (TPSA) is 96.0 Å². The summed E-state index contributed by atoms with van der Waals surface area (Å²) in [5.74, 6) is -0.202. The molecule has 0 radical (unpaired) electrons. The highest BCUT2D eigenvalue weighted by Crippen LogP contribution is 2.26. The van der Waals surface area contributed by atoms with Crippen LogP contribution in [-0.2, 0) is 26.2 Å². The Kier molecular flexibility index (Phi) is 10.3. The molecule has 40 heavy (non-hydrogen) atoms. The lowest BCUT2D eigenvalue weighted by molar-refractivity contribution is -0.139. The zero-order valence-electron chi connectivity index (χ0n) is 24.0. The van der Waals surface area contributed by atoms with Gasteiger partial charge in [-0.25, -0.2) is 8.42 Å². The standard InChI is InChI=1S/C31H39N3O5S/c1-7-24(4)32-31(36)25(5)33(20-26-12-11-13-28(19-26)39-6)30(35)21-34(27-17-16-22(2)23(3)18-27)40(37,38)29-14-9-8-10-15-29/h8-19,24-25H,7,20-21H2,1-6H3,(H,32,36)/t24-,25+/m1/s1. The van der Waals surface area contributed by atoms with Gasteiger partial charge >= 0.3 is 0 Å². The summed E-state index contributed by atoms with van der Waals surface area (Å²) in [4.78, 5) is 28.7. The number of aryl methyl sites for hydroxylation is 2. The second kappa shape index (κ2) is 13.5. The van der Waals surface area contributed by atoms with Crippen molar-refractivity contribution in [1.82, 2.24) is 10.2 Å². The molecule has 0 heterocycles. The fraction of sp³-hybridized carbons (Fsp3) is 0.355. The Morgan fingerprint density at radius 2 is 1.62 bits per heavy atom. The predicted molar refractivity (Wildman–Crippen MR) is 158 cm³/mol. The summed E-state index contributed by atoms with van der Waals surface area (Å²) in [6, 6.07) is 19.6. The number of hydrogen-bond donors (Lipinski definition) is 1. The maximum atomic E-state index is 14.0. The van der Waals surface area contributed by atoms with E-state index in [9.17, 15) is 18.0 Å². The maximum absolute atomic E-state index is 14.0. The molecule has 214 valence electrons. The largest absolute Gasteiger partial charge is 0.497 e. The van der Waals surface area contributed by atoms with E-state index in [0.29, 0.717) is 11.4 Å². The lowest BCUT2D eigenvalue weighted by Gasteiger charge is -2.32. The van der Waals surface area contributed by atoms with Gasteiger partial charge in [-0.2, -0.15) is 0 Å². The van der Waals surface area contributed by atoms with Crippen molar-refractivity contribution >= 4 is 27.5 Å². The van der Waals surface area contributed by atoms with Gasteiger partial charge < -0.3 is 15.0 Å². The predicted octanol–water partition coefficient (Wildman–Crippen LogP) is 4.84. The summed E-state index contributed by atoms with van der Waals surface area (Å²) in [5.41, 5.74) is 3.02. The van der Waals surface area contributed by atoms with E-state index in [0.717, 1.165) is 27.4 Å². The molecule has 0 unspecified atom stereocenters. The number of nitrogens with one attached hydrogen (secondary N) is 1. The van der Waals surface area contributed by atoms with Crippen molar-refractivity contribution in [2.45, 2.75) is 64.6 Å². The number of amides is 2. The maximum Gasteiger partial charge on any atom is 0.264 e. The number of ether oxygens (including phenoxy) is 1. The van der Waals surface area contributed by atoms with Gasteiger partial charge in [0.1, 0.15) is 18.3 Å². The van der Waals surface area contributed by atoms with E-state index in [1.54, 1.807) is 56.5 Å². The Morgan fingerprint density at radius 1 is 0.925 bits per heavy atom. The minimum Gasteiger partial charge on any atom is -0.497 e. The molecule has 3 aromatic carbocycles. The lowest BCUT2D eigenvalue weighted by Crippen LogP contribution is -2.52. The molecule has 3 rings (SSSR count). The van der Waals surface area contributed by atoms with Crippen molar-refractivity contribution in [2.24, 2.45) is 0 Å². The van der Waals surface area contributed by atoms with Gasteiger partial charge in [-0.15, -0.1) is 0 Å². The highest BCUT2D eigenvalue weighted by Gasteiger charge is 2.33. The van der Waals surface area contributed by atoms with Crippen molar-refractivity contribution in [1.29, 1.82) is 0 Å². The Bertz CT molecular complexity index is 1430. The summed E-state index contributed by atoms with van der Waals surface area (Å²) in [6.07, 6.45) is 0.734. The third kappa shape index (κ3) is 7.41. The summed E-state index contributed by atoms with van der Waals surface area (Å²) >= 11 is 0. The number of nitrogens with zero attached hydrogens (tertiary/aromatic N) is 2. The Morgan fingerprint density at radius 3 is 2.25 bits per heavy atom. The number of carbonyl (C=O) groups is 2. The molecule has 0 saturated heterocycles. The van der Waals surface area contributed by atoms with Crippen LogP contribution in [0.1, 0.15) is 43.9 Å². The normalized spacial score (nSPS) is 12.8. The lowest BCUT2D eigenvalue weighted by atomic mass is 10.1. The van der Waals surface area contributed by atoms with Crippen molar-refractivity contribution in [2.75, 3.05) is 18.0 Å². The van der Waals surface area contributed by atoms with Gasteiger partial charge in [0.2, 0.25) is 11.8 Å². The van der Waals surface area contributed by atoms with Crippen LogP contribution in [0.3, 0.4) is 0 Å². The van der Waals surface area contributed by atoms with Crippen LogP contribution in [0.15, 0.2) is 77.7 Å². The summed E-state index contributed by atoms with van der Waals surface area (Å²) < 4.78 is 34.2. The fourth-order valence-corrected chi connectivity index (χ4v) is 5.57. The van der Waals surface area contributed by atoms with Crippen LogP contribution in [0.25, 0.3) is 0 Å². The number of hydrogen-bond acceptors (Lipinski definition) is 5. The molecule has 0 aliphatic heterocycles. The van der Waals surface area contributed by atoms with E-state index < -0.39 is 28.5 Å². The molecule has 0 fully saturated rings. The molecule has 3 aromatic rings. The van der Waals surface area contributed by atoms with Gasteiger partial charge in [0.25, 0.3) is 10.0 Å². The molecule has 9 heteroatoms. The SMILES string of the molecule is CC[C@@H](C)NC(=O)[C@H](C)N(Cc1cccc(OC)c1)C(=O)CN(c1ccc(C)c(C)c1)S(=O)(=O)c1ccccc1. The minimum absolute atomic E-state index is 0.0722. The first-order valence-electron chi connectivity index (χ1n) is 13.4. The average Bonchev–Trinajstić information content (AvgIpc) is 2.96. The minimum atomic E-state index is -4.10. The van der Waals surface area contributed by atoms with Crippen molar-refractivity contribution < 1.29 is 22.7 Å². The molecule has 8 nitrogen and oxygen atoms in total. The molecule has 0 bridgehead atoms. The highest BCUT2D eigenvalue weighted by atomic mass is 32.2. The van der Waals surface area contributed by atoms with Gasteiger partial charge in [-0.1, -0.05) is 43.3 Å². The van der Waals surface area contributed by atoms with Crippen LogP contribution in [-0.4, -0.2) is 50.9 Å². The van der Waals surface area contributed by atoms with Crippen molar-refractivity contribution in [3.05, 3.63) is 89.5 Å². The van der Waals surface area contributed by atoms with Gasteiger partial charge in [0.15, 0.2) is 0 Å². The second-order valence-corrected chi connectivity index (χ2v) is 11.8. The van der Waals surface area contributed by atoms with E-state index in [2.05, 4.69) is 5.32 Å². The molecule has 0 saturated carbocycles. The second-order valence-electron chi connectivity index (χ2n) is 9.96. The van der Waals surface area contributed by atoms with E-state index in [4.69, 9.17) is 4.74 Å². The van der Waals surface area contributed by atoms with Crippen LogP contribution >= 0.6 is 0 Å². The van der Waals surface area contributed by atoms with Gasteiger partial charge in [0, 0.05) is 12.6 Å². The Hall–Kier alpha value is -3.85. The number of rotatable bonds is 12. The average molecular weight is 566 g/mol. The van der Waals surface area contributed by atoms with Crippen molar-refractivity contribution in [3.63, 3.8) is 0 Å². The molecule has 0 aliphatic rings. The monoisotopic (exact) mass is 565 g/mol. The van der Waals surface area contributed by atoms with E-state index in [1.807, 2.05) is 45.9 Å². The van der Waals surface area contributed by atoms with E-state index in [1.165, 1.54) is 17.0 Å². The van der Waals surface area contributed by atoms with Crippen LogP contribution in [0.5, 0.6) is 5.75 Å². The summed E-state index contributed by atoms with van der Waals surface area (Å²) in [7, 11) is -2.54. The van der Waals surface area contributed by atoms with E-state index in [-0.39, 0.29) is 23.4 Å². The zero-order chi connectivity index (χ0) is 29.4. The van der Waals surface area contributed by atoms with Crippen molar-refractivity contribution in [3.8, 4) is 5.75 Å². The number of methoxy groups -OCH3 is 1. The number of anilines is 1.